The molecule has 0 bridgehead atoms. The topological polar surface area (TPSA) is 121 Å². The average molecular weight is 376 g/mol. The Morgan fingerprint density at radius 1 is 1.18 bits per heavy atom. The quantitative estimate of drug-likeness (QED) is 0.509. The lowest BCUT2D eigenvalue weighted by molar-refractivity contribution is 0.0956. The first-order valence-corrected chi connectivity index (χ1v) is 8.59. The predicted octanol–water partition coefficient (Wildman–Crippen LogP) is 1.99. The molecular weight excluding hydrogens is 356 g/mol. The number of rotatable bonds is 5. The van der Waals surface area contributed by atoms with Gasteiger partial charge >= 0.3 is 0 Å². The number of carbonyl (C=O) groups is 1. The summed E-state index contributed by atoms with van der Waals surface area (Å²) in [7, 11) is 1.53. The molecule has 0 aliphatic carbocycles. The van der Waals surface area contributed by atoms with Gasteiger partial charge in [-0.3, -0.25) is 9.59 Å². The molecule has 0 aliphatic heterocycles. The van der Waals surface area contributed by atoms with Gasteiger partial charge in [0, 0.05) is 36.5 Å². The summed E-state index contributed by atoms with van der Waals surface area (Å²) in [6, 6.07) is 15.9. The first kappa shape index (κ1) is 18.9. The molecule has 3 rings (SSSR count). The van der Waals surface area contributed by atoms with Crippen molar-refractivity contribution in [2.75, 3.05) is 6.54 Å². The molecule has 1 amide bonds. The van der Waals surface area contributed by atoms with Crippen LogP contribution in [0, 0.1) is 5.41 Å². The smallest absolute Gasteiger partial charge is 0.293 e. The van der Waals surface area contributed by atoms with Crippen molar-refractivity contribution in [3.8, 4) is 5.75 Å². The zero-order valence-corrected chi connectivity index (χ0v) is 15.3. The molecule has 7 heteroatoms. The number of aryl methyl sites for hydroxylation is 1. The molecule has 1 heterocycles. The highest BCUT2D eigenvalue weighted by Crippen LogP contribution is 2.23. The number of fused-ring (bicyclic) bond motifs is 1. The lowest BCUT2D eigenvalue weighted by Crippen LogP contribution is -2.30. The van der Waals surface area contributed by atoms with Crippen molar-refractivity contribution in [2.24, 2.45) is 12.8 Å². The van der Waals surface area contributed by atoms with Gasteiger partial charge in [-0.2, -0.15) is 0 Å². The van der Waals surface area contributed by atoms with E-state index in [2.05, 4.69) is 5.32 Å². The number of para-hydroxylation sites is 1. The Kier molecular flexibility index (Phi) is 5.26. The minimum Gasteiger partial charge on any atom is -0.502 e. The molecule has 0 radical (unpaired) electrons. The fourth-order valence-electron chi connectivity index (χ4n) is 3.00. The Morgan fingerprint density at radius 3 is 2.50 bits per heavy atom. The number of hydrogen-bond acceptors (Lipinski definition) is 5. The zero-order valence-electron chi connectivity index (χ0n) is 15.3. The number of nitrogens with one attached hydrogen (secondary N) is 2. The maximum atomic E-state index is 12.8. The average Bonchev–Trinajstić information content (AvgIpc) is 2.73. The molecule has 0 aliphatic rings. The van der Waals surface area contributed by atoms with Gasteiger partial charge in [0.1, 0.15) is 0 Å². The zero-order chi connectivity index (χ0) is 20.3. The number of benzene rings is 2. The Morgan fingerprint density at radius 2 is 1.82 bits per heavy atom. The van der Waals surface area contributed by atoms with Crippen LogP contribution in [0.3, 0.4) is 0 Å². The number of carbonyl (C=O) groups excluding carboxylic acids is 1. The number of aromatic hydroxyl groups is 1. The van der Waals surface area contributed by atoms with E-state index >= 15 is 0 Å². The van der Waals surface area contributed by atoms with Crippen LogP contribution in [-0.4, -0.2) is 28.3 Å². The maximum Gasteiger partial charge on any atom is 0.293 e. The number of hydrogen-bond donors (Lipinski definition) is 4. The van der Waals surface area contributed by atoms with Crippen LogP contribution in [0.4, 0.5) is 0 Å². The lowest BCUT2D eigenvalue weighted by Gasteiger charge is -2.13. The van der Waals surface area contributed by atoms with E-state index in [4.69, 9.17) is 11.1 Å². The van der Waals surface area contributed by atoms with Crippen molar-refractivity contribution in [1.29, 1.82) is 5.41 Å². The predicted molar refractivity (Wildman–Crippen MR) is 110 cm³/mol. The Bertz CT molecular complexity index is 1150. The van der Waals surface area contributed by atoms with Crippen molar-refractivity contribution in [2.45, 2.75) is 0 Å². The molecule has 5 N–H and O–H groups in total. The third kappa shape index (κ3) is 3.37. The van der Waals surface area contributed by atoms with Crippen LogP contribution in [0.1, 0.15) is 15.9 Å². The number of pyridine rings is 1. The minimum absolute atomic E-state index is 0.0218. The first-order valence-electron chi connectivity index (χ1n) is 8.59. The highest BCUT2D eigenvalue weighted by molar-refractivity contribution is 6.08. The van der Waals surface area contributed by atoms with Crippen LogP contribution >= 0.6 is 0 Å². The van der Waals surface area contributed by atoms with Crippen LogP contribution in [-0.2, 0) is 7.05 Å². The minimum atomic E-state index is -0.657. The summed E-state index contributed by atoms with van der Waals surface area (Å²) >= 11 is 0. The summed E-state index contributed by atoms with van der Waals surface area (Å²) in [4.78, 5) is 25.0. The van der Waals surface area contributed by atoms with E-state index in [1.165, 1.54) is 11.6 Å². The highest BCUT2D eigenvalue weighted by Gasteiger charge is 2.20. The van der Waals surface area contributed by atoms with E-state index in [1.807, 2.05) is 18.2 Å². The lowest BCUT2D eigenvalue weighted by atomic mass is 10.1. The van der Waals surface area contributed by atoms with Crippen LogP contribution in [0.2, 0.25) is 0 Å². The Hall–Kier alpha value is -3.87. The monoisotopic (exact) mass is 376 g/mol. The second kappa shape index (κ2) is 7.79. The van der Waals surface area contributed by atoms with Gasteiger partial charge in [0.05, 0.1) is 11.1 Å². The summed E-state index contributed by atoms with van der Waals surface area (Å²) in [6.07, 6.45) is 1.07. The summed E-state index contributed by atoms with van der Waals surface area (Å²) in [5, 5.41) is 21.0. The van der Waals surface area contributed by atoms with Crippen molar-refractivity contribution in [1.82, 2.24) is 9.88 Å². The summed E-state index contributed by atoms with van der Waals surface area (Å²) in [6.45, 7) is -0.0218. The van der Waals surface area contributed by atoms with Crippen LogP contribution in [0.5, 0.6) is 5.75 Å². The fourth-order valence-corrected chi connectivity index (χ4v) is 3.00. The van der Waals surface area contributed by atoms with E-state index in [9.17, 15) is 14.7 Å². The molecule has 142 valence electrons. The van der Waals surface area contributed by atoms with E-state index < -0.39 is 17.2 Å². The van der Waals surface area contributed by atoms with Crippen LogP contribution < -0.4 is 16.6 Å². The van der Waals surface area contributed by atoms with Gasteiger partial charge in [0.2, 0.25) is 0 Å². The van der Waals surface area contributed by atoms with Crippen LogP contribution in [0.15, 0.2) is 65.0 Å². The SMILES string of the molecule is Cn1c(=O)c(O)c(C(=O)NC/C(C=N)=C(/N)c2ccccc2)c2ccccc21. The number of amides is 1. The van der Waals surface area contributed by atoms with Gasteiger partial charge in [0.25, 0.3) is 11.5 Å². The Labute approximate surface area is 161 Å². The molecule has 0 saturated carbocycles. The van der Waals surface area contributed by atoms with Crippen LogP contribution in [0.25, 0.3) is 16.6 Å². The second-order valence-corrected chi connectivity index (χ2v) is 6.24. The Balaban J connectivity index is 1.96. The molecule has 28 heavy (non-hydrogen) atoms. The first-order chi connectivity index (χ1) is 13.5. The summed E-state index contributed by atoms with van der Waals surface area (Å²) in [5.41, 5.74) is 7.40. The number of nitrogens with two attached hydrogens (primary N) is 1. The van der Waals surface area contributed by atoms with Gasteiger partial charge in [0.15, 0.2) is 5.75 Å². The van der Waals surface area contributed by atoms with Crippen molar-refractivity contribution in [3.63, 3.8) is 0 Å². The van der Waals surface area contributed by atoms with E-state index in [1.54, 1.807) is 36.4 Å². The molecular formula is C21H20N4O3. The largest absolute Gasteiger partial charge is 0.502 e. The van der Waals surface area contributed by atoms with Gasteiger partial charge in [-0.15, -0.1) is 0 Å². The standard InChI is InChI=1S/C21H20N4O3/c1-25-16-10-6-5-9-15(16)17(19(26)21(25)28)20(27)24-12-14(11-22)18(23)13-7-3-2-4-8-13/h2-11,22,26H,12,23H2,1H3,(H,24,27)/b18-14+,22-11?. The molecule has 3 aromatic rings. The third-order valence-corrected chi connectivity index (χ3v) is 4.55. The van der Waals surface area contributed by atoms with Crippen molar-refractivity contribution >= 4 is 28.7 Å². The summed E-state index contributed by atoms with van der Waals surface area (Å²) < 4.78 is 1.29. The highest BCUT2D eigenvalue weighted by atomic mass is 16.3. The molecule has 0 atom stereocenters. The van der Waals surface area contributed by atoms with Gasteiger partial charge in [-0.05, 0) is 11.6 Å². The number of aromatic nitrogens is 1. The second-order valence-electron chi connectivity index (χ2n) is 6.24. The van der Waals surface area contributed by atoms with Crippen molar-refractivity contribution < 1.29 is 9.90 Å². The molecule has 7 nitrogen and oxygen atoms in total. The van der Waals surface area contributed by atoms with E-state index in [-0.39, 0.29) is 12.1 Å². The molecule has 1 aromatic heterocycles. The van der Waals surface area contributed by atoms with Gasteiger partial charge in [-0.25, -0.2) is 0 Å². The third-order valence-electron chi connectivity index (χ3n) is 4.55. The molecule has 0 spiro atoms. The van der Waals surface area contributed by atoms with Gasteiger partial charge in [-0.1, -0.05) is 48.5 Å². The van der Waals surface area contributed by atoms with Crippen molar-refractivity contribution in [3.05, 3.63) is 81.7 Å². The maximum absolute atomic E-state index is 12.8. The molecule has 2 aromatic carbocycles. The normalized spacial score (nSPS) is 11.8. The van der Waals surface area contributed by atoms with E-state index in [0.29, 0.717) is 22.2 Å². The van der Waals surface area contributed by atoms with E-state index in [0.717, 1.165) is 11.8 Å². The fraction of sp³-hybridized carbons (Fsp3) is 0.0952. The van der Waals surface area contributed by atoms with Gasteiger partial charge < -0.3 is 26.1 Å². The molecule has 0 unspecified atom stereocenters. The molecule has 0 saturated heterocycles. The molecule has 0 fully saturated rings. The summed E-state index contributed by atoms with van der Waals surface area (Å²) in [5.74, 6) is -1.23. The number of nitrogens with zero attached hydrogens (tertiary/aromatic N) is 1.